The van der Waals surface area contributed by atoms with Crippen molar-refractivity contribution in [3.8, 4) is 5.75 Å². The summed E-state index contributed by atoms with van der Waals surface area (Å²) in [5.74, 6) is 2.25. The molecule has 0 amide bonds. The second kappa shape index (κ2) is 6.92. The Labute approximate surface area is 135 Å². The molecule has 0 atom stereocenters. The van der Waals surface area contributed by atoms with Crippen LogP contribution in [-0.4, -0.2) is 34.6 Å². The average molecular weight is 319 g/mol. The van der Waals surface area contributed by atoms with Gasteiger partial charge in [0.1, 0.15) is 16.6 Å². The zero-order valence-electron chi connectivity index (χ0n) is 12.6. The highest BCUT2D eigenvalue weighted by Gasteiger charge is 2.22. The predicted molar refractivity (Wildman–Crippen MR) is 86.4 cm³/mol. The van der Waals surface area contributed by atoms with Gasteiger partial charge >= 0.3 is 0 Å². The summed E-state index contributed by atoms with van der Waals surface area (Å²) in [5, 5.41) is 0.565. The van der Waals surface area contributed by atoms with E-state index in [-0.39, 0.29) is 0 Å². The highest BCUT2D eigenvalue weighted by Crippen LogP contribution is 2.26. The van der Waals surface area contributed by atoms with Gasteiger partial charge in [-0.05, 0) is 25.7 Å². The van der Waals surface area contributed by atoms with Crippen LogP contribution in [-0.2, 0) is 0 Å². The van der Waals surface area contributed by atoms with Crippen LogP contribution < -0.4 is 9.64 Å². The van der Waals surface area contributed by atoms with Crippen molar-refractivity contribution in [3.63, 3.8) is 0 Å². The molecule has 0 spiro atoms. The van der Waals surface area contributed by atoms with Crippen molar-refractivity contribution in [1.29, 1.82) is 0 Å². The summed E-state index contributed by atoms with van der Waals surface area (Å²) in [5.41, 5.74) is 0.987. The predicted octanol–water partition coefficient (Wildman–Crippen LogP) is 3.13. The fourth-order valence-corrected chi connectivity index (χ4v) is 2.88. The SMILES string of the molecule is Cc1nccnc1N1CCC(COc2ccncc2Cl)CC1. The van der Waals surface area contributed by atoms with E-state index in [1.165, 1.54) is 0 Å². The third-order valence-corrected chi connectivity index (χ3v) is 4.26. The van der Waals surface area contributed by atoms with Crippen LogP contribution in [0.2, 0.25) is 5.02 Å². The minimum Gasteiger partial charge on any atom is -0.492 e. The third-order valence-electron chi connectivity index (χ3n) is 3.98. The van der Waals surface area contributed by atoms with Crippen LogP contribution in [0.3, 0.4) is 0 Å². The minimum absolute atomic E-state index is 0.539. The van der Waals surface area contributed by atoms with E-state index < -0.39 is 0 Å². The Morgan fingerprint density at radius 2 is 2.00 bits per heavy atom. The number of ether oxygens (including phenoxy) is 1. The number of nitrogens with zero attached hydrogens (tertiary/aromatic N) is 4. The lowest BCUT2D eigenvalue weighted by atomic mass is 9.98. The van der Waals surface area contributed by atoms with E-state index in [0.717, 1.165) is 37.4 Å². The van der Waals surface area contributed by atoms with Crippen molar-refractivity contribution < 1.29 is 4.74 Å². The summed E-state index contributed by atoms with van der Waals surface area (Å²) < 4.78 is 5.82. The monoisotopic (exact) mass is 318 g/mol. The minimum atomic E-state index is 0.539. The lowest BCUT2D eigenvalue weighted by Crippen LogP contribution is -2.36. The molecule has 0 radical (unpaired) electrons. The Morgan fingerprint density at radius 3 is 2.73 bits per heavy atom. The Morgan fingerprint density at radius 1 is 1.23 bits per heavy atom. The topological polar surface area (TPSA) is 51.1 Å². The molecule has 2 aromatic rings. The van der Waals surface area contributed by atoms with Crippen LogP contribution in [0, 0.1) is 12.8 Å². The van der Waals surface area contributed by atoms with Gasteiger partial charge < -0.3 is 9.64 Å². The summed E-state index contributed by atoms with van der Waals surface area (Å²) in [6.45, 7) is 4.66. The van der Waals surface area contributed by atoms with Gasteiger partial charge in [-0.25, -0.2) is 4.98 Å². The summed E-state index contributed by atoms with van der Waals surface area (Å²) in [4.78, 5) is 15.0. The Hall–Kier alpha value is -1.88. The van der Waals surface area contributed by atoms with Crippen LogP contribution >= 0.6 is 11.6 Å². The van der Waals surface area contributed by atoms with Crippen molar-refractivity contribution in [2.24, 2.45) is 5.92 Å². The van der Waals surface area contributed by atoms with Gasteiger partial charge in [0.15, 0.2) is 0 Å². The molecule has 22 heavy (non-hydrogen) atoms. The van der Waals surface area contributed by atoms with Gasteiger partial charge in [0, 0.05) is 43.9 Å². The van der Waals surface area contributed by atoms with Crippen LogP contribution in [0.5, 0.6) is 5.75 Å². The number of anilines is 1. The van der Waals surface area contributed by atoms with Gasteiger partial charge in [0.05, 0.1) is 12.3 Å². The number of pyridine rings is 1. The number of rotatable bonds is 4. The summed E-state index contributed by atoms with van der Waals surface area (Å²) >= 11 is 6.05. The molecule has 1 fully saturated rings. The second-order valence-corrected chi connectivity index (χ2v) is 5.92. The van der Waals surface area contributed by atoms with E-state index in [1.807, 2.05) is 6.92 Å². The Balaban J connectivity index is 1.52. The van der Waals surface area contributed by atoms with Gasteiger partial charge in [-0.15, -0.1) is 0 Å². The molecule has 0 aromatic carbocycles. The maximum absolute atomic E-state index is 6.05. The largest absolute Gasteiger partial charge is 0.492 e. The van der Waals surface area contributed by atoms with Gasteiger partial charge in [-0.2, -0.15) is 0 Å². The standard InChI is InChI=1S/C16H19ClN4O/c1-12-16(20-7-6-19-12)21-8-3-13(4-9-21)11-22-15-2-5-18-10-14(15)17/h2,5-7,10,13H,3-4,8-9,11H2,1H3. The first kappa shape index (κ1) is 15.0. The molecular formula is C16H19ClN4O. The van der Waals surface area contributed by atoms with Crippen molar-refractivity contribution >= 4 is 17.4 Å². The van der Waals surface area contributed by atoms with E-state index >= 15 is 0 Å². The number of hydrogen-bond acceptors (Lipinski definition) is 5. The highest BCUT2D eigenvalue weighted by molar-refractivity contribution is 6.31. The summed E-state index contributed by atoms with van der Waals surface area (Å²) in [7, 11) is 0. The third kappa shape index (κ3) is 3.47. The molecule has 1 saturated heterocycles. The molecule has 3 rings (SSSR count). The molecule has 6 heteroatoms. The fourth-order valence-electron chi connectivity index (χ4n) is 2.71. The van der Waals surface area contributed by atoms with Crippen molar-refractivity contribution in [3.05, 3.63) is 41.6 Å². The molecule has 3 heterocycles. The Bertz CT molecular complexity index is 629. The van der Waals surface area contributed by atoms with Gasteiger partial charge in [0.2, 0.25) is 0 Å². The van der Waals surface area contributed by atoms with Gasteiger partial charge in [0.25, 0.3) is 0 Å². The molecule has 5 nitrogen and oxygen atoms in total. The maximum Gasteiger partial charge on any atom is 0.150 e. The van der Waals surface area contributed by atoms with Crippen LogP contribution in [0.4, 0.5) is 5.82 Å². The van der Waals surface area contributed by atoms with Gasteiger partial charge in [-0.1, -0.05) is 11.6 Å². The van der Waals surface area contributed by atoms with E-state index in [0.29, 0.717) is 23.3 Å². The van der Waals surface area contributed by atoms with E-state index in [2.05, 4.69) is 19.9 Å². The molecule has 0 aliphatic carbocycles. The number of aromatic nitrogens is 3. The van der Waals surface area contributed by atoms with E-state index in [1.54, 1.807) is 30.9 Å². The van der Waals surface area contributed by atoms with Crippen LogP contribution in [0.15, 0.2) is 30.9 Å². The summed E-state index contributed by atoms with van der Waals surface area (Å²) in [6.07, 6.45) is 8.95. The first-order valence-electron chi connectivity index (χ1n) is 7.49. The van der Waals surface area contributed by atoms with Crippen LogP contribution in [0.25, 0.3) is 0 Å². The fraction of sp³-hybridized carbons (Fsp3) is 0.438. The number of halogens is 1. The highest BCUT2D eigenvalue weighted by atomic mass is 35.5. The maximum atomic E-state index is 6.05. The zero-order valence-corrected chi connectivity index (χ0v) is 13.3. The van der Waals surface area contributed by atoms with E-state index in [4.69, 9.17) is 16.3 Å². The Kier molecular flexibility index (Phi) is 4.73. The molecule has 0 N–H and O–H groups in total. The van der Waals surface area contributed by atoms with Crippen molar-refractivity contribution in [2.75, 3.05) is 24.6 Å². The molecule has 0 bridgehead atoms. The first-order chi connectivity index (χ1) is 10.7. The molecule has 0 saturated carbocycles. The normalized spacial score (nSPS) is 15.8. The number of piperidine rings is 1. The van der Waals surface area contributed by atoms with Crippen molar-refractivity contribution in [1.82, 2.24) is 15.0 Å². The quantitative estimate of drug-likeness (QED) is 0.867. The lowest BCUT2D eigenvalue weighted by molar-refractivity contribution is 0.222. The van der Waals surface area contributed by atoms with Crippen molar-refractivity contribution in [2.45, 2.75) is 19.8 Å². The lowest BCUT2D eigenvalue weighted by Gasteiger charge is -2.33. The smallest absolute Gasteiger partial charge is 0.150 e. The molecule has 116 valence electrons. The average Bonchev–Trinajstić information content (AvgIpc) is 2.55. The molecular weight excluding hydrogens is 300 g/mol. The van der Waals surface area contributed by atoms with Gasteiger partial charge in [-0.3, -0.25) is 9.97 Å². The number of hydrogen-bond donors (Lipinski definition) is 0. The number of aryl methyl sites for hydroxylation is 1. The first-order valence-corrected chi connectivity index (χ1v) is 7.86. The summed E-state index contributed by atoms with van der Waals surface area (Å²) in [6, 6.07) is 1.81. The van der Waals surface area contributed by atoms with E-state index in [9.17, 15) is 0 Å². The van der Waals surface area contributed by atoms with Crippen LogP contribution in [0.1, 0.15) is 18.5 Å². The zero-order chi connectivity index (χ0) is 15.4. The molecule has 1 aliphatic heterocycles. The molecule has 2 aromatic heterocycles. The molecule has 0 unspecified atom stereocenters. The second-order valence-electron chi connectivity index (χ2n) is 5.51. The molecule has 1 aliphatic rings.